The summed E-state index contributed by atoms with van der Waals surface area (Å²) in [5.74, 6) is -0.380. The summed E-state index contributed by atoms with van der Waals surface area (Å²) in [5.41, 5.74) is 0.275. The number of hydrogen-bond acceptors (Lipinski definition) is 3. The van der Waals surface area contributed by atoms with Crippen molar-refractivity contribution in [3.8, 4) is 0 Å². The smallest absolute Gasteiger partial charge is 0.338 e. The quantitative estimate of drug-likeness (QED) is 0.785. The van der Waals surface area contributed by atoms with Crippen molar-refractivity contribution >= 4 is 17.6 Å². The van der Waals surface area contributed by atoms with Crippen LogP contribution in [0, 0.1) is 5.41 Å². The number of carbonyl (C=O) groups is 1. The number of carbonyl (C=O) groups excluding carboxylic acids is 1. The lowest BCUT2D eigenvalue weighted by Crippen LogP contribution is -2.35. The van der Waals surface area contributed by atoms with Crippen LogP contribution >= 0.6 is 11.6 Å². The van der Waals surface area contributed by atoms with E-state index in [2.05, 4.69) is 0 Å². The molecule has 0 aliphatic heterocycles. The van der Waals surface area contributed by atoms with E-state index < -0.39 is 0 Å². The molecule has 0 aromatic heterocycles. The third-order valence-electron chi connectivity index (χ3n) is 2.59. The summed E-state index contributed by atoms with van der Waals surface area (Å²) in [6.07, 6.45) is -0.297. The van der Waals surface area contributed by atoms with Gasteiger partial charge in [0.05, 0.1) is 12.2 Å². The van der Waals surface area contributed by atoms with E-state index in [9.17, 15) is 4.79 Å². The lowest BCUT2D eigenvalue weighted by atomic mass is 9.89. The highest BCUT2D eigenvalue weighted by atomic mass is 35.5. The Morgan fingerprint density at radius 2 is 2.06 bits per heavy atom. The van der Waals surface area contributed by atoms with Crippen molar-refractivity contribution in [1.82, 2.24) is 0 Å². The topological polar surface area (TPSA) is 35.5 Å². The molecule has 0 saturated heterocycles. The lowest BCUT2D eigenvalue weighted by Gasteiger charge is -2.29. The Morgan fingerprint density at radius 3 is 2.56 bits per heavy atom. The normalized spacial score (nSPS) is 13.2. The molecule has 3 nitrogen and oxygen atoms in total. The van der Waals surface area contributed by atoms with E-state index in [-0.39, 0.29) is 17.5 Å². The summed E-state index contributed by atoms with van der Waals surface area (Å²) >= 11 is 5.84. The van der Waals surface area contributed by atoms with Gasteiger partial charge in [-0.05, 0) is 18.2 Å². The number of rotatable bonds is 4. The van der Waals surface area contributed by atoms with E-state index in [0.717, 1.165) is 0 Å². The molecule has 1 aromatic rings. The van der Waals surface area contributed by atoms with Crippen LogP contribution in [-0.2, 0) is 9.47 Å². The SMILES string of the molecule is COCC(OC(=O)c1cccc(Cl)c1)C(C)(C)C. The van der Waals surface area contributed by atoms with Gasteiger partial charge in [-0.15, -0.1) is 0 Å². The predicted octanol–water partition coefficient (Wildman–Crippen LogP) is 3.56. The molecule has 1 rings (SSSR count). The van der Waals surface area contributed by atoms with Crippen LogP contribution in [0.3, 0.4) is 0 Å². The first-order valence-electron chi connectivity index (χ1n) is 5.80. The monoisotopic (exact) mass is 270 g/mol. The molecule has 100 valence electrons. The Kier molecular flexibility index (Phi) is 5.17. The summed E-state index contributed by atoms with van der Waals surface area (Å²) in [5, 5.41) is 0.517. The molecule has 18 heavy (non-hydrogen) atoms. The Labute approximate surface area is 113 Å². The Morgan fingerprint density at radius 1 is 1.39 bits per heavy atom. The number of halogens is 1. The van der Waals surface area contributed by atoms with Crippen molar-refractivity contribution in [2.24, 2.45) is 5.41 Å². The standard InChI is InChI=1S/C14H19ClO3/c1-14(2,3)12(9-17-4)18-13(16)10-6-5-7-11(15)8-10/h5-8,12H,9H2,1-4H3. The van der Waals surface area contributed by atoms with Crippen LogP contribution in [0.4, 0.5) is 0 Å². The molecular formula is C14H19ClO3. The highest BCUT2D eigenvalue weighted by Crippen LogP contribution is 2.24. The van der Waals surface area contributed by atoms with Crippen molar-refractivity contribution in [2.75, 3.05) is 13.7 Å². The lowest BCUT2D eigenvalue weighted by molar-refractivity contribution is -0.0351. The fraction of sp³-hybridized carbons (Fsp3) is 0.500. The third kappa shape index (κ3) is 4.31. The molecule has 1 atom stereocenters. The van der Waals surface area contributed by atoms with Crippen LogP contribution in [0.1, 0.15) is 31.1 Å². The van der Waals surface area contributed by atoms with E-state index in [4.69, 9.17) is 21.1 Å². The van der Waals surface area contributed by atoms with Gasteiger partial charge >= 0.3 is 5.97 Å². The minimum Gasteiger partial charge on any atom is -0.456 e. The summed E-state index contributed by atoms with van der Waals surface area (Å²) in [4.78, 5) is 12.0. The molecule has 0 aliphatic rings. The van der Waals surface area contributed by atoms with Gasteiger partial charge in [0.2, 0.25) is 0 Å². The molecule has 1 aromatic carbocycles. The van der Waals surface area contributed by atoms with Crippen LogP contribution in [0.2, 0.25) is 5.02 Å². The van der Waals surface area contributed by atoms with Crippen LogP contribution in [0.5, 0.6) is 0 Å². The van der Waals surface area contributed by atoms with Gasteiger partial charge in [-0.25, -0.2) is 4.79 Å². The van der Waals surface area contributed by atoms with E-state index >= 15 is 0 Å². The zero-order chi connectivity index (χ0) is 13.8. The first-order chi connectivity index (χ1) is 8.34. The third-order valence-corrected chi connectivity index (χ3v) is 2.83. The average Bonchev–Trinajstić information content (AvgIpc) is 2.27. The Hall–Kier alpha value is -1.06. The van der Waals surface area contributed by atoms with Crippen molar-refractivity contribution in [3.05, 3.63) is 34.9 Å². The molecule has 0 saturated carbocycles. The number of methoxy groups -OCH3 is 1. The van der Waals surface area contributed by atoms with Gasteiger partial charge in [0.25, 0.3) is 0 Å². The maximum Gasteiger partial charge on any atom is 0.338 e. The highest BCUT2D eigenvalue weighted by molar-refractivity contribution is 6.30. The Bertz CT molecular complexity index is 410. The molecule has 0 spiro atoms. The van der Waals surface area contributed by atoms with Crippen LogP contribution in [0.15, 0.2) is 24.3 Å². The van der Waals surface area contributed by atoms with Crippen LogP contribution in [0.25, 0.3) is 0 Å². The number of ether oxygens (including phenoxy) is 2. The Balaban J connectivity index is 2.79. The van der Waals surface area contributed by atoms with E-state index in [1.165, 1.54) is 0 Å². The highest BCUT2D eigenvalue weighted by Gasteiger charge is 2.28. The van der Waals surface area contributed by atoms with Crippen molar-refractivity contribution in [2.45, 2.75) is 26.9 Å². The molecule has 1 unspecified atom stereocenters. The van der Waals surface area contributed by atoms with Gasteiger partial charge in [0, 0.05) is 17.5 Å². The fourth-order valence-corrected chi connectivity index (χ4v) is 1.62. The molecular weight excluding hydrogens is 252 g/mol. The molecule has 0 aliphatic carbocycles. The molecule has 0 radical (unpaired) electrons. The minimum absolute atomic E-state index is 0.176. The largest absolute Gasteiger partial charge is 0.456 e. The summed E-state index contributed by atoms with van der Waals surface area (Å²) in [6, 6.07) is 6.72. The molecule has 0 fully saturated rings. The maximum absolute atomic E-state index is 12.0. The van der Waals surface area contributed by atoms with E-state index in [0.29, 0.717) is 17.2 Å². The second-order valence-corrected chi connectivity index (χ2v) is 5.66. The van der Waals surface area contributed by atoms with Gasteiger partial charge in [-0.2, -0.15) is 0 Å². The minimum atomic E-state index is -0.380. The fourth-order valence-electron chi connectivity index (χ4n) is 1.42. The van der Waals surface area contributed by atoms with E-state index in [1.54, 1.807) is 31.4 Å². The summed E-state index contributed by atoms with van der Waals surface area (Å²) in [7, 11) is 1.59. The molecule has 0 bridgehead atoms. The van der Waals surface area contributed by atoms with Crippen molar-refractivity contribution in [1.29, 1.82) is 0 Å². The predicted molar refractivity (Wildman–Crippen MR) is 72.0 cm³/mol. The van der Waals surface area contributed by atoms with Crippen LogP contribution in [-0.4, -0.2) is 25.8 Å². The van der Waals surface area contributed by atoms with Crippen molar-refractivity contribution < 1.29 is 14.3 Å². The number of esters is 1. The number of hydrogen-bond donors (Lipinski definition) is 0. The average molecular weight is 271 g/mol. The first kappa shape index (κ1) is 15.0. The van der Waals surface area contributed by atoms with Gasteiger partial charge in [0.15, 0.2) is 0 Å². The first-order valence-corrected chi connectivity index (χ1v) is 6.18. The maximum atomic E-state index is 12.0. The zero-order valence-corrected chi connectivity index (χ0v) is 12.0. The molecule has 0 N–H and O–H groups in total. The zero-order valence-electron chi connectivity index (χ0n) is 11.2. The van der Waals surface area contributed by atoms with Gasteiger partial charge < -0.3 is 9.47 Å². The second kappa shape index (κ2) is 6.21. The summed E-state index contributed by atoms with van der Waals surface area (Å²) in [6.45, 7) is 6.38. The molecule has 4 heteroatoms. The van der Waals surface area contributed by atoms with E-state index in [1.807, 2.05) is 20.8 Å². The number of benzene rings is 1. The van der Waals surface area contributed by atoms with Gasteiger partial charge in [-0.3, -0.25) is 0 Å². The van der Waals surface area contributed by atoms with Crippen molar-refractivity contribution in [3.63, 3.8) is 0 Å². The summed E-state index contributed by atoms with van der Waals surface area (Å²) < 4.78 is 10.6. The molecule has 0 amide bonds. The van der Waals surface area contributed by atoms with Gasteiger partial charge in [0.1, 0.15) is 6.10 Å². The van der Waals surface area contributed by atoms with Gasteiger partial charge in [-0.1, -0.05) is 38.4 Å². The second-order valence-electron chi connectivity index (χ2n) is 5.23. The molecule has 0 heterocycles. The van der Waals surface area contributed by atoms with Crippen LogP contribution < -0.4 is 0 Å².